The number of para-hydroxylation sites is 1. The third-order valence-corrected chi connectivity index (χ3v) is 6.45. The van der Waals surface area contributed by atoms with E-state index in [2.05, 4.69) is 6.07 Å². The SMILES string of the molecule is Cc1cc(C)cc(OCCOc2ccc(C)cc2C=C2SC(=S)N(c3ccccc3F)C2=O)c1. The van der Waals surface area contributed by atoms with Gasteiger partial charge in [0.2, 0.25) is 0 Å². The zero-order valence-electron chi connectivity index (χ0n) is 19.1. The molecule has 4 rings (SSSR count). The number of rotatable bonds is 7. The van der Waals surface area contributed by atoms with Crippen molar-refractivity contribution < 1.29 is 18.7 Å². The molecule has 1 aliphatic rings. The van der Waals surface area contributed by atoms with Gasteiger partial charge in [-0.1, -0.05) is 53.8 Å². The molecule has 1 amide bonds. The summed E-state index contributed by atoms with van der Waals surface area (Å²) in [5, 5.41) is 0. The predicted molar refractivity (Wildman–Crippen MR) is 140 cm³/mol. The van der Waals surface area contributed by atoms with Gasteiger partial charge in [-0.15, -0.1) is 0 Å². The summed E-state index contributed by atoms with van der Waals surface area (Å²) in [5.41, 5.74) is 4.21. The quantitative estimate of drug-likeness (QED) is 0.210. The van der Waals surface area contributed by atoms with E-state index in [0.717, 1.165) is 39.8 Å². The first-order valence-electron chi connectivity index (χ1n) is 10.8. The molecule has 0 radical (unpaired) electrons. The Labute approximate surface area is 208 Å². The fourth-order valence-corrected chi connectivity index (χ4v) is 4.96. The van der Waals surface area contributed by atoms with Gasteiger partial charge in [0.25, 0.3) is 5.91 Å². The number of anilines is 1. The van der Waals surface area contributed by atoms with Crippen LogP contribution in [-0.2, 0) is 4.79 Å². The summed E-state index contributed by atoms with van der Waals surface area (Å²) in [6, 6.07) is 17.9. The Morgan fingerprint density at radius 3 is 2.38 bits per heavy atom. The first kappa shape index (κ1) is 24.0. The molecule has 1 saturated heterocycles. The molecule has 0 saturated carbocycles. The van der Waals surface area contributed by atoms with Crippen LogP contribution in [0.1, 0.15) is 22.3 Å². The molecule has 0 aromatic heterocycles. The van der Waals surface area contributed by atoms with Gasteiger partial charge in [-0.2, -0.15) is 0 Å². The van der Waals surface area contributed by atoms with E-state index in [4.69, 9.17) is 21.7 Å². The first-order chi connectivity index (χ1) is 16.3. The lowest BCUT2D eigenvalue weighted by Gasteiger charge is -2.15. The highest BCUT2D eigenvalue weighted by atomic mass is 32.2. The molecule has 0 atom stereocenters. The molecule has 0 unspecified atom stereocenters. The number of halogens is 1. The molecule has 0 N–H and O–H groups in total. The minimum atomic E-state index is -0.497. The number of carbonyl (C=O) groups excluding carboxylic acids is 1. The van der Waals surface area contributed by atoms with Crippen LogP contribution in [-0.4, -0.2) is 23.4 Å². The standard InChI is InChI=1S/C27H24FNO3S2/c1-17-8-9-24(32-11-10-31-21-14-18(2)12-19(3)15-21)20(13-17)16-25-26(30)29(27(33)34-25)23-7-5-4-6-22(23)28/h4-9,12-16H,10-11H2,1-3H3. The van der Waals surface area contributed by atoms with E-state index >= 15 is 0 Å². The van der Waals surface area contributed by atoms with Crippen LogP contribution in [0.5, 0.6) is 11.5 Å². The van der Waals surface area contributed by atoms with Gasteiger partial charge in [0, 0.05) is 5.56 Å². The van der Waals surface area contributed by atoms with Crippen molar-refractivity contribution in [2.75, 3.05) is 18.1 Å². The summed E-state index contributed by atoms with van der Waals surface area (Å²) in [5.74, 6) is 0.585. The molecule has 3 aromatic carbocycles. The zero-order valence-corrected chi connectivity index (χ0v) is 20.8. The minimum Gasteiger partial charge on any atom is -0.490 e. The Morgan fingerprint density at radius 2 is 1.65 bits per heavy atom. The van der Waals surface area contributed by atoms with E-state index in [0.29, 0.717) is 28.2 Å². The number of amides is 1. The number of benzene rings is 3. The first-order valence-corrected chi connectivity index (χ1v) is 12.0. The number of hydrogen-bond donors (Lipinski definition) is 0. The summed E-state index contributed by atoms with van der Waals surface area (Å²) in [7, 11) is 0. The summed E-state index contributed by atoms with van der Waals surface area (Å²) in [6.07, 6.45) is 1.74. The summed E-state index contributed by atoms with van der Waals surface area (Å²) in [4.78, 5) is 14.7. The third-order valence-electron chi connectivity index (χ3n) is 5.14. The number of carbonyl (C=O) groups is 1. The second-order valence-corrected chi connectivity index (χ2v) is 9.71. The zero-order chi connectivity index (χ0) is 24.2. The number of hydrogen-bond acceptors (Lipinski definition) is 5. The van der Waals surface area contributed by atoms with E-state index in [9.17, 15) is 9.18 Å². The normalized spacial score (nSPS) is 14.7. The van der Waals surface area contributed by atoms with Crippen LogP contribution in [0.25, 0.3) is 6.08 Å². The van der Waals surface area contributed by atoms with Crippen molar-refractivity contribution >= 4 is 46.0 Å². The largest absolute Gasteiger partial charge is 0.490 e. The van der Waals surface area contributed by atoms with Crippen molar-refractivity contribution in [3.05, 3.63) is 93.6 Å². The second-order valence-electron chi connectivity index (χ2n) is 8.03. The molecule has 7 heteroatoms. The summed E-state index contributed by atoms with van der Waals surface area (Å²) in [6.45, 7) is 6.75. The highest BCUT2D eigenvalue weighted by molar-refractivity contribution is 8.27. The fourth-order valence-electron chi connectivity index (χ4n) is 3.69. The Hall–Kier alpha value is -3.16. The lowest BCUT2D eigenvalue weighted by atomic mass is 10.1. The lowest BCUT2D eigenvalue weighted by molar-refractivity contribution is -0.113. The van der Waals surface area contributed by atoms with Crippen molar-refractivity contribution in [3.8, 4) is 11.5 Å². The molecule has 0 spiro atoms. The van der Waals surface area contributed by atoms with Gasteiger partial charge in [0.1, 0.15) is 30.5 Å². The average Bonchev–Trinajstić information content (AvgIpc) is 3.05. The smallest absolute Gasteiger partial charge is 0.270 e. The number of nitrogens with zero attached hydrogens (tertiary/aromatic N) is 1. The monoisotopic (exact) mass is 493 g/mol. The maximum Gasteiger partial charge on any atom is 0.270 e. The summed E-state index contributed by atoms with van der Waals surface area (Å²) >= 11 is 6.52. The van der Waals surface area contributed by atoms with Gasteiger partial charge < -0.3 is 9.47 Å². The van der Waals surface area contributed by atoms with Crippen LogP contribution in [0, 0.1) is 26.6 Å². The molecule has 3 aromatic rings. The van der Waals surface area contributed by atoms with E-state index in [1.165, 1.54) is 11.0 Å². The van der Waals surface area contributed by atoms with Gasteiger partial charge in [0.15, 0.2) is 4.32 Å². The van der Waals surface area contributed by atoms with Crippen molar-refractivity contribution in [2.45, 2.75) is 20.8 Å². The van der Waals surface area contributed by atoms with E-state index in [1.54, 1.807) is 24.3 Å². The van der Waals surface area contributed by atoms with Gasteiger partial charge in [-0.3, -0.25) is 9.69 Å². The highest BCUT2D eigenvalue weighted by Crippen LogP contribution is 2.38. The maximum absolute atomic E-state index is 14.3. The van der Waals surface area contributed by atoms with E-state index < -0.39 is 5.82 Å². The van der Waals surface area contributed by atoms with E-state index in [-0.39, 0.29) is 11.6 Å². The number of ether oxygens (including phenoxy) is 2. The molecule has 1 heterocycles. The molecule has 1 fully saturated rings. The molecule has 174 valence electrons. The predicted octanol–water partition coefficient (Wildman–Crippen LogP) is 6.61. The molecule has 1 aliphatic heterocycles. The molecule has 0 aliphatic carbocycles. The maximum atomic E-state index is 14.3. The molecule has 4 nitrogen and oxygen atoms in total. The van der Waals surface area contributed by atoms with Crippen LogP contribution in [0.2, 0.25) is 0 Å². The van der Waals surface area contributed by atoms with Crippen LogP contribution >= 0.6 is 24.0 Å². The van der Waals surface area contributed by atoms with Crippen LogP contribution in [0.4, 0.5) is 10.1 Å². The van der Waals surface area contributed by atoms with Crippen LogP contribution in [0.3, 0.4) is 0 Å². The van der Waals surface area contributed by atoms with Gasteiger partial charge >= 0.3 is 0 Å². The van der Waals surface area contributed by atoms with Crippen LogP contribution in [0.15, 0.2) is 65.6 Å². The fraction of sp³-hybridized carbons (Fsp3) is 0.185. The van der Waals surface area contributed by atoms with Gasteiger partial charge in [-0.25, -0.2) is 4.39 Å². The van der Waals surface area contributed by atoms with Crippen LogP contribution < -0.4 is 14.4 Å². The Morgan fingerprint density at radius 1 is 0.941 bits per heavy atom. The van der Waals surface area contributed by atoms with Crippen molar-refractivity contribution in [1.29, 1.82) is 0 Å². The molecular weight excluding hydrogens is 469 g/mol. The molecular formula is C27H24FNO3S2. The number of aryl methyl sites for hydroxylation is 3. The second kappa shape index (κ2) is 10.4. The minimum absolute atomic E-state index is 0.151. The molecule has 34 heavy (non-hydrogen) atoms. The highest BCUT2D eigenvalue weighted by Gasteiger charge is 2.34. The van der Waals surface area contributed by atoms with Crippen molar-refractivity contribution in [3.63, 3.8) is 0 Å². The number of thioether (sulfide) groups is 1. The lowest BCUT2D eigenvalue weighted by Crippen LogP contribution is -2.28. The Kier molecular flexibility index (Phi) is 7.34. The summed E-state index contributed by atoms with van der Waals surface area (Å²) < 4.78 is 26.4. The van der Waals surface area contributed by atoms with Crippen molar-refractivity contribution in [2.24, 2.45) is 0 Å². The van der Waals surface area contributed by atoms with Crippen molar-refractivity contribution in [1.82, 2.24) is 0 Å². The third kappa shape index (κ3) is 5.48. The Balaban J connectivity index is 1.49. The topological polar surface area (TPSA) is 38.8 Å². The molecule has 0 bridgehead atoms. The van der Waals surface area contributed by atoms with E-state index in [1.807, 2.05) is 51.1 Å². The Bertz CT molecular complexity index is 1270. The average molecular weight is 494 g/mol. The number of thiocarbonyl (C=S) groups is 1. The van der Waals surface area contributed by atoms with Gasteiger partial charge in [-0.05, 0) is 74.4 Å². The van der Waals surface area contributed by atoms with Gasteiger partial charge in [0.05, 0.1) is 10.6 Å².